The van der Waals surface area contributed by atoms with Crippen molar-refractivity contribution in [1.29, 1.82) is 0 Å². The van der Waals surface area contributed by atoms with Crippen LogP contribution in [0.1, 0.15) is 26.3 Å². The normalized spacial score (nSPS) is 10.6. The van der Waals surface area contributed by atoms with E-state index in [4.69, 9.17) is 14.5 Å². The minimum Gasteiger partial charge on any atom is -0.497 e. The minimum absolute atomic E-state index is 0.283. The second-order valence-corrected chi connectivity index (χ2v) is 7.17. The molecule has 1 aromatic heterocycles. The number of fused-ring (bicyclic) bond motifs is 1. The van der Waals surface area contributed by atoms with Crippen LogP contribution in [0.25, 0.3) is 22.2 Å². The number of pyridine rings is 1. The molecule has 5 heteroatoms. The predicted molar refractivity (Wildman–Crippen MR) is 120 cm³/mol. The van der Waals surface area contributed by atoms with Crippen LogP contribution >= 0.6 is 0 Å². The first-order valence-electron chi connectivity index (χ1n) is 9.86. The molecule has 31 heavy (non-hydrogen) atoms. The van der Waals surface area contributed by atoms with Crippen molar-refractivity contribution < 1.29 is 19.1 Å². The van der Waals surface area contributed by atoms with Crippen LogP contribution in [0.2, 0.25) is 0 Å². The number of ketones is 1. The number of aryl methyl sites for hydroxylation is 1. The van der Waals surface area contributed by atoms with Crippen LogP contribution in [-0.2, 0) is 4.74 Å². The van der Waals surface area contributed by atoms with Crippen LogP contribution < -0.4 is 4.74 Å². The molecule has 0 spiro atoms. The van der Waals surface area contributed by atoms with Gasteiger partial charge in [0.15, 0.2) is 12.4 Å². The number of Topliss-reactive ketones (excluding diaryl/α,β-unsaturated/α-hetero) is 1. The number of rotatable bonds is 6. The number of esters is 1. The van der Waals surface area contributed by atoms with Crippen molar-refractivity contribution in [3.05, 3.63) is 95.6 Å². The molecule has 4 aromatic rings. The van der Waals surface area contributed by atoms with Gasteiger partial charge in [0.25, 0.3) is 0 Å². The Hall–Kier alpha value is -3.99. The third-order valence-electron chi connectivity index (χ3n) is 5.00. The third-order valence-corrected chi connectivity index (χ3v) is 5.00. The molecule has 0 saturated heterocycles. The first-order chi connectivity index (χ1) is 15.0. The number of ether oxygens (including phenoxy) is 2. The summed E-state index contributed by atoms with van der Waals surface area (Å²) < 4.78 is 10.5. The van der Waals surface area contributed by atoms with Gasteiger partial charge in [-0.1, -0.05) is 42.0 Å². The topological polar surface area (TPSA) is 65.5 Å². The lowest BCUT2D eigenvalue weighted by Crippen LogP contribution is -2.15. The van der Waals surface area contributed by atoms with E-state index in [1.165, 1.54) is 0 Å². The number of carbonyl (C=O) groups is 2. The second kappa shape index (κ2) is 8.79. The SMILES string of the molecule is COc1ccc(C(=O)COC(=O)c2cc(-c3ccccc3)nc3ccc(C)cc23)cc1. The molecule has 0 aliphatic carbocycles. The Kier molecular flexibility index (Phi) is 5.76. The highest BCUT2D eigenvalue weighted by Crippen LogP contribution is 2.26. The molecule has 0 aliphatic heterocycles. The molecule has 5 nitrogen and oxygen atoms in total. The lowest BCUT2D eigenvalue weighted by molar-refractivity contribution is 0.0476. The molecule has 0 radical (unpaired) electrons. The summed E-state index contributed by atoms with van der Waals surface area (Å²) in [5.41, 5.74) is 4.10. The van der Waals surface area contributed by atoms with Crippen molar-refractivity contribution >= 4 is 22.7 Å². The van der Waals surface area contributed by atoms with Crippen LogP contribution in [0, 0.1) is 6.92 Å². The predicted octanol–water partition coefficient (Wildman–Crippen LogP) is 5.26. The molecule has 0 atom stereocenters. The lowest BCUT2D eigenvalue weighted by atomic mass is 10.0. The Balaban J connectivity index is 1.63. The van der Waals surface area contributed by atoms with Crippen LogP contribution in [0.3, 0.4) is 0 Å². The molecule has 4 rings (SSSR count). The summed E-state index contributed by atoms with van der Waals surface area (Å²) in [4.78, 5) is 30.1. The maximum Gasteiger partial charge on any atom is 0.339 e. The largest absolute Gasteiger partial charge is 0.497 e. The number of hydrogen-bond donors (Lipinski definition) is 0. The molecule has 154 valence electrons. The second-order valence-electron chi connectivity index (χ2n) is 7.17. The van der Waals surface area contributed by atoms with E-state index in [1.54, 1.807) is 37.4 Å². The third kappa shape index (κ3) is 4.46. The molecule has 0 unspecified atom stereocenters. The van der Waals surface area contributed by atoms with Crippen LogP contribution in [-0.4, -0.2) is 30.5 Å². The summed E-state index contributed by atoms with van der Waals surface area (Å²) in [5, 5.41) is 0.696. The van der Waals surface area contributed by atoms with Crippen molar-refractivity contribution in [2.45, 2.75) is 6.92 Å². The van der Waals surface area contributed by atoms with Gasteiger partial charge < -0.3 is 9.47 Å². The van der Waals surface area contributed by atoms with Crippen LogP contribution in [0.15, 0.2) is 78.9 Å². The summed E-state index contributed by atoms with van der Waals surface area (Å²) >= 11 is 0. The number of aromatic nitrogens is 1. The van der Waals surface area contributed by atoms with E-state index in [2.05, 4.69) is 0 Å². The highest BCUT2D eigenvalue weighted by molar-refractivity contribution is 6.06. The molecule has 0 aliphatic rings. The zero-order chi connectivity index (χ0) is 21.8. The summed E-state index contributed by atoms with van der Waals surface area (Å²) in [7, 11) is 1.56. The van der Waals surface area contributed by atoms with Crippen LogP contribution in [0.5, 0.6) is 5.75 Å². The number of hydrogen-bond acceptors (Lipinski definition) is 5. The highest BCUT2D eigenvalue weighted by atomic mass is 16.5. The minimum atomic E-state index is -0.558. The molecular formula is C26H21NO4. The first-order valence-corrected chi connectivity index (χ1v) is 9.86. The van der Waals surface area contributed by atoms with Crippen molar-refractivity contribution in [1.82, 2.24) is 4.98 Å². The van der Waals surface area contributed by atoms with Gasteiger partial charge in [-0.3, -0.25) is 4.79 Å². The molecule has 0 amide bonds. The average molecular weight is 411 g/mol. The lowest BCUT2D eigenvalue weighted by Gasteiger charge is -2.11. The first kappa shape index (κ1) is 20.3. The Bertz CT molecular complexity index is 1250. The zero-order valence-electron chi connectivity index (χ0n) is 17.3. The van der Waals surface area contributed by atoms with E-state index in [9.17, 15) is 9.59 Å². The van der Waals surface area contributed by atoms with Gasteiger partial charge in [-0.2, -0.15) is 0 Å². The van der Waals surface area contributed by atoms with Crippen molar-refractivity contribution in [2.24, 2.45) is 0 Å². The number of carbonyl (C=O) groups excluding carboxylic acids is 2. The van der Waals surface area contributed by atoms with Gasteiger partial charge in [-0.25, -0.2) is 9.78 Å². The van der Waals surface area contributed by atoms with Crippen molar-refractivity contribution in [3.8, 4) is 17.0 Å². The summed E-state index contributed by atoms with van der Waals surface area (Å²) in [6.07, 6.45) is 0. The summed E-state index contributed by atoms with van der Waals surface area (Å²) in [6.45, 7) is 1.61. The smallest absolute Gasteiger partial charge is 0.339 e. The van der Waals surface area contributed by atoms with Crippen molar-refractivity contribution in [3.63, 3.8) is 0 Å². The van der Waals surface area contributed by atoms with E-state index in [-0.39, 0.29) is 12.4 Å². The number of methoxy groups -OCH3 is 1. The average Bonchev–Trinajstić information content (AvgIpc) is 2.82. The van der Waals surface area contributed by atoms with Gasteiger partial charge >= 0.3 is 5.97 Å². The fourth-order valence-electron chi connectivity index (χ4n) is 3.33. The van der Waals surface area contributed by atoms with Gasteiger partial charge in [0.2, 0.25) is 0 Å². The van der Waals surface area contributed by atoms with E-state index in [0.29, 0.717) is 33.5 Å². The summed E-state index contributed by atoms with van der Waals surface area (Å²) in [5.74, 6) is -0.188. The van der Waals surface area contributed by atoms with Gasteiger partial charge in [0, 0.05) is 16.5 Å². The standard InChI is InChI=1S/C26H21NO4/c1-17-8-13-23-21(14-17)22(15-24(27-23)18-6-4-3-5-7-18)26(29)31-16-25(28)19-9-11-20(30-2)12-10-19/h3-15H,16H2,1-2H3. The fourth-order valence-corrected chi connectivity index (χ4v) is 3.33. The van der Waals surface area contributed by atoms with E-state index >= 15 is 0 Å². The number of benzene rings is 3. The fraction of sp³-hybridized carbons (Fsp3) is 0.115. The monoisotopic (exact) mass is 411 g/mol. The number of nitrogens with zero attached hydrogens (tertiary/aromatic N) is 1. The van der Waals surface area contributed by atoms with E-state index in [0.717, 1.165) is 11.1 Å². The molecule has 0 N–H and O–H groups in total. The Morgan fingerprint density at radius 2 is 1.65 bits per heavy atom. The van der Waals surface area contributed by atoms with Gasteiger partial charge in [0.1, 0.15) is 5.75 Å². The maximum atomic E-state index is 13.0. The van der Waals surface area contributed by atoms with Crippen LogP contribution in [0.4, 0.5) is 0 Å². The zero-order valence-corrected chi connectivity index (χ0v) is 17.3. The quantitative estimate of drug-likeness (QED) is 0.320. The van der Waals surface area contributed by atoms with Gasteiger partial charge in [-0.05, 0) is 49.4 Å². The van der Waals surface area contributed by atoms with E-state index < -0.39 is 5.97 Å². The van der Waals surface area contributed by atoms with Gasteiger partial charge in [0.05, 0.1) is 23.9 Å². The van der Waals surface area contributed by atoms with Crippen molar-refractivity contribution in [2.75, 3.05) is 13.7 Å². The Labute approximate surface area is 180 Å². The molecular weight excluding hydrogens is 390 g/mol. The molecule has 0 saturated carbocycles. The van der Waals surface area contributed by atoms with Gasteiger partial charge in [-0.15, -0.1) is 0 Å². The Morgan fingerprint density at radius 3 is 2.35 bits per heavy atom. The maximum absolute atomic E-state index is 13.0. The molecule has 0 bridgehead atoms. The van der Waals surface area contributed by atoms with E-state index in [1.807, 2.05) is 55.5 Å². The molecule has 3 aromatic carbocycles. The highest BCUT2D eigenvalue weighted by Gasteiger charge is 2.17. The Morgan fingerprint density at radius 1 is 0.903 bits per heavy atom. The molecule has 1 heterocycles. The molecule has 0 fully saturated rings. The summed E-state index contributed by atoms with van der Waals surface area (Å²) in [6, 6.07) is 23.8.